The summed E-state index contributed by atoms with van der Waals surface area (Å²) in [7, 11) is 0. The lowest BCUT2D eigenvalue weighted by Crippen LogP contribution is -2.48. The Hall–Kier alpha value is -3.55. The Kier molecular flexibility index (Phi) is 5.45. The van der Waals surface area contributed by atoms with E-state index in [-0.39, 0.29) is 22.7 Å². The molecule has 0 aliphatic carbocycles. The van der Waals surface area contributed by atoms with Crippen LogP contribution in [0.4, 0.5) is 11.4 Å². The Morgan fingerprint density at radius 1 is 1.10 bits per heavy atom. The molecule has 0 aromatic heterocycles. The zero-order valence-electron chi connectivity index (χ0n) is 16.3. The molecule has 3 amide bonds. The van der Waals surface area contributed by atoms with Gasteiger partial charge in [-0.15, -0.1) is 0 Å². The van der Waals surface area contributed by atoms with Crippen molar-refractivity contribution in [3.8, 4) is 0 Å². The molecule has 1 atom stereocenters. The lowest BCUT2D eigenvalue weighted by molar-refractivity contribution is -0.384. The molecule has 1 aliphatic heterocycles. The normalized spacial score (nSPS) is 14.1. The molecule has 0 spiro atoms. The molecule has 1 aliphatic rings. The number of non-ortho nitro benzene ring substituents is 1. The molecule has 2 aromatic carbocycles. The summed E-state index contributed by atoms with van der Waals surface area (Å²) < 4.78 is 0. The lowest BCUT2D eigenvalue weighted by Gasteiger charge is -2.27. The molecule has 150 valence electrons. The fraction of sp³-hybridized carbons (Fsp3) is 0.286. The quantitative estimate of drug-likeness (QED) is 0.457. The van der Waals surface area contributed by atoms with E-state index in [1.54, 1.807) is 31.2 Å². The molecule has 0 unspecified atom stereocenters. The van der Waals surface area contributed by atoms with Crippen molar-refractivity contribution in [2.24, 2.45) is 5.92 Å². The van der Waals surface area contributed by atoms with Crippen LogP contribution in [0.3, 0.4) is 0 Å². The van der Waals surface area contributed by atoms with Gasteiger partial charge >= 0.3 is 0 Å². The predicted molar refractivity (Wildman–Crippen MR) is 107 cm³/mol. The number of imide groups is 1. The summed E-state index contributed by atoms with van der Waals surface area (Å²) >= 11 is 0. The third-order valence-electron chi connectivity index (χ3n) is 4.81. The second-order valence-corrected chi connectivity index (χ2v) is 7.42. The predicted octanol–water partition coefficient (Wildman–Crippen LogP) is 3.55. The minimum Gasteiger partial charge on any atom is -0.324 e. The average molecular weight is 395 g/mol. The largest absolute Gasteiger partial charge is 0.324 e. The summed E-state index contributed by atoms with van der Waals surface area (Å²) in [6.45, 7) is 5.44. The van der Waals surface area contributed by atoms with E-state index in [9.17, 15) is 24.5 Å². The monoisotopic (exact) mass is 395 g/mol. The summed E-state index contributed by atoms with van der Waals surface area (Å²) in [6, 6.07) is 9.59. The van der Waals surface area contributed by atoms with Gasteiger partial charge in [-0.25, -0.2) is 0 Å². The number of fused-ring (bicyclic) bond motifs is 1. The van der Waals surface area contributed by atoms with Crippen LogP contribution in [-0.2, 0) is 4.79 Å². The topological polar surface area (TPSA) is 110 Å². The maximum absolute atomic E-state index is 13.1. The van der Waals surface area contributed by atoms with E-state index in [1.807, 2.05) is 13.8 Å². The number of benzene rings is 2. The van der Waals surface area contributed by atoms with Gasteiger partial charge in [-0.2, -0.15) is 0 Å². The number of nitrogens with zero attached hydrogens (tertiary/aromatic N) is 2. The SMILES string of the molecule is Cc1cc([N+](=O)[O-])ccc1NC(=O)[C@H](CC(C)C)N1C(=O)c2ccccc2C1=O. The maximum atomic E-state index is 13.1. The molecule has 0 saturated carbocycles. The summed E-state index contributed by atoms with van der Waals surface area (Å²) in [4.78, 5) is 50.1. The van der Waals surface area contributed by atoms with Crippen molar-refractivity contribution in [1.82, 2.24) is 4.90 Å². The van der Waals surface area contributed by atoms with E-state index in [1.165, 1.54) is 18.2 Å². The second-order valence-electron chi connectivity index (χ2n) is 7.42. The number of hydrogen-bond acceptors (Lipinski definition) is 5. The first-order valence-electron chi connectivity index (χ1n) is 9.23. The Morgan fingerprint density at radius 2 is 1.69 bits per heavy atom. The Balaban J connectivity index is 1.90. The van der Waals surface area contributed by atoms with Crippen molar-refractivity contribution in [1.29, 1.82) is 0 Å². The molecule has 0 bridgehead atoms. The zero-order valence-corrected chi connectivity index (χ0v) is 16.3. The molecule has 0 radical (unpaired) electrons. The van der Waals surface area contributed by atoms with Crippen LogP contribution in [0.5, 0.6) is 0 Å². The van der Waals surface area contributed by atoms with Crippen LogP contribution >= 0.6 is 0 Å². The summed E-state index contributed by atoms with van der Waals surface area (Å²) in [6.07, 6.45) is 0.295. The van der Waals surface area contributed by atoms with Gasteiger partial charge in [0.05, 0.1) is 16.1 Å². The molecular formula is C21H21N3O5. The highest BCUT2D eigenvalue weighted by atomic mass is 16.6. The first-order valence-corrected chi connectivity index (χ1v) is 9.23. The van der Waals surface area contributed by atoms with Crippen molar-refractivity contribution >= 4 is 29.1 Å². The first kappa shape index (κ1) is 20.2. The number of aryl methyl sites for hydroxylation is 1. The highest BCUT2D eigenvalue weighted by Crippen LogP contribution is 2.28. The zero-order chi connectivity index (χ0) is 21.3. The fourth-order valence-corrected chi connectivity index (χ4v) is 3.38. The molecule has 0 fully saturated rings. The highest BCUT2D eigenvalue weighted by Gasteiger charge is 2.42. The molecule has 1 heterocycles. The van der Waals surface area contributed by atoms with Crippen LogP contribution < -0.4 is 5.32 Å². The molecule has 1 N–H and O–H groups in total. The molecule has 29 heavy (non-hydrogen) atoms. The molecule has 0 saturated heterocycles. The van der Waals surface area contributed by atoms with Crippen molar-refractivity contribution in [3.05, 3.63) is 69.3 Å². The van der Waals surface area contributed by atoms with E-state index in [2.05, 4.69) is 5.32 Å². The highest BCUT2D eigenvalue weighted by molar-refractivity contribution is 6.23. The number of nitro benzene ring substituents is 1. The van der Waals surface area contributed by atoms with Crippen molar-refractivity contribution in [2.45, 2.75) is 33.2 Å². The van der Waals surface area contributed by atoms with Gasteiger partial charge in [0, 0.05) is 17.8 Å². The summed E-state index contributed by atoms with van der Waals surface area (Å²) in [5, 5.41) is 13.6. The van der Waals surface area contributed by atoms with Crippen molar-refractivity contribution < 1.29 is 19.3 Å². The second kappa shape index (κ2) is 7.83. The van der Waals surface area contributed by atoms with E-state index < -0.39 is 28.7 Å². The van der Waals surface area contributed by atoms with Crippen LogP contribution in [0.25, 0.3) is 0 Å². The number of carbonyl (C=O) groups excluding carboxylic acids is 3. The lowest BCUT2D eigenvalue weighted by atomic mass is 10.0. The Morgan fingerprint density at radius 3 is 2.17 bits per heavy atom. The number of rotatable bonds is 6. The molecule has 8 nitrogen and oxygen atoms in total. The number of nitro groups is 1. The van der Waals surface area contributed by atoms with E-state index in [0.29, 0.717) is 17.7 Å². The first-order chi connectivity index (χ1) is 13.7. The minimum absolute atomic E-state index is 0.0491. The minimum atomic E-state index is -0.989. The average Bonchev–Trinajstić information content (AvgIpc) is 2.92. The summed E-state index contributed by atoms with van der Waals surface area (Å²) in [5.41, 5.74) is 1.39. The van der Waals surface area contributed by atoms with E-state index in [4.69, 9.17) is 0 Å². The number of hydrogen-bond donors (Lipinski definition) is 1. The van der Waals surface area contributed by atoms with Gasteiger partial charge in [-0.05, 0) is 43.0 Å². The van der Waals surface area contributed by atoms with Crippen LogP contribution in [0, 0.1) is 23.0 Å². The van der Waals surface area contributed by atoms with Crippen molar-refractivity contribution in [3.63, 3.8) is 0 Å². The van der Waals surface area contributed by atoms with Gasteiger partial charge < -0.3 is 5.32 Å². The van der Waals surface area contributed by atoms with Gasteiger partial charge in [0.15, 0.2) is 0 Å². The maximum Gasteiger partial charge on any atom is 0.269 e. The van der Waals surface area contributed by atoms with Gasteiger partial charge in [-0.1, -0.05) is 26.0 Å². The third kappa shape index (κ3) is 3.87. The Labute approximate surface area is 167 Å². The molecule has 2 aromatic rings. The van der Waals surface area contributed by atoms with Crippen molar-refractivity contribution in [2.75, 3.05) is 5.32 Å². The number of anilines is 1. The molecular weight excluding hydrogens is 374 g/mol. The number of carbonyl (C=O) groups is 3. The molecule has 3 rings (SSSR count). The van der Waals surface area contributed by atoms with Gasteiger partial charge in [0.25, 0.3) is 17.5 Å². The smallest absolute Gasteiger partial charge is 0.269 e. The van der Waals surface area contributed by atoms with Crippen LogP contribution in [0.2, 0.25) is 0 Å². The van der Waals surface area contributed by atoms with Gasteiger partial charge in [-0.3, -0.25) is 29.4 Å². The van der Waals surface area contributed by atoms with Gasteiger partial charge in [0.2, 0.25) is 5.91 Å². The van der Waals surface area contributed by atoms with Crippen LogP contribution in [0.1, 0.15) is 46.5 Å². The molecule has 8 heteroatoms. The number of nitrogens with one attached hydrogen (secondary N) is 1. The van der Waals surface area contributed by atoms with Crippen LogP contribution in [0.15, 0.2) is 42.5 Å². The van der Waals surface area contributed by atoms with Gasteiger partial charge in [0.1, 0.15) is 6.04 Å². The number of amides is 3. The van der Waals surface area contributed by atoms with E-state index >= 15 is 0 Å². The third-order valence-corrected chi connectivity index (χ3v) is 4.81. The Bertz CT molecular complexity index is 980. The fourth-order valence-electron chi connectivity index (χ4n) is 3.38. The summed E-state index contributed by atoms with van der Waals surface area (Å²) in [5.74, 6) is -1.45. The van der Waals surface area contributed by atoms with Crippen LogP contribution in [-0.4, -0.2) is 33.6 Å². The standard InChI is InChI=1S/C21H21N3O5/c1-12(2)10-18(23-20(26)15-6-4-5-7-16(15)21(23)27)19(25)22-17-9-8-14(24(28)29)11-13(17)3/h4-9,11-12,18H,10H2,1-3H3,(H,22,25)/t18-/m0/s1. The van der Waals surface area contributed by atoms with E-state index in [0.717, 1.165) is 4.90 Å².